The SMILES string of the molecule is Brc1ccc(C2C(c3ccccc3)=C(c3ccccc3)Nc3nc4ccccc4n32)cc1. The van der Waals surface area contributed by atoms with Crippen molar-refractivity contribution in [1.29, 1.82) is 0 Å². The second kappa shape index (κ2) is 7.81. The number of nitrogens with one attached hydrogen (secondary N) is 1. The molecule has 0 fully saturated rings. The van der Waals surface area contributed by atoms with Crippen molar-refractivity contribution >= 4 is 44.2 Å². The van der Waals surface area contributed by atoms with Gasteiger partial charge < -0.3 is 5.32 Å². The van der Waals surface area contributed by atoms with Crippen molar-refractivity contribution in [3.8, 4) is 0 Å². The summed E-state index contributed by atoms with van der Waals surface area (Å²) in [7, 11) is 0. The molecule has 1 unspecified atom stereocenters. The Kier molecular flexibility index (Phi) is 4.66. The summed E-state index contributed by atoms with van der Waals surface area (Å²) in [5.41, 5.74) is 7.97. The number of anilines is 1. The van der Waals surface area contributed by atoms with Gasteiger partial charge in [0.2, 0.25) is 5.95 Å². The largest absolute Gasteiger partial charge is 0.325 e. The monoisotopic (exact) mass is 477 g/mol. The lowest BCUT2D eigenvalue weighted by Crippen LogP contribution is -2.23. The summed E-state index contributed by atoms with van der Waals surface area (Å²) in [5, 5.41) is 3.68. The number of aromatic nitrogens is 2. The third kappa shape index (κ3) is 3.15. The van der Waals surface area contributed by atoms with E-state index in [1.165, 1.54) is 16.7 Å². The summed E-state index contributed by atoms with van der Waals surface area (Å²) in [6.07, 6.45) is 0. The van der Waals surface area contributed by atoms with Crippen LogP contribution in [0.15, 0.2) is 114 Å². The highest BCUT2D eigenvalue weighted by Gasteiger charge is 2.32. The Morgan fingerprint density at radius 3 is 2.03 bits per heavy atom. The maximum absolute atomic E-state index is 4.96. The van der Waals surface area contributed by atoms with E-state index >= 15 is 0 Å². The van der Waals surface area contributed by atoms with Gasteiger partial charge in [-0.3, -0.25) is 4.57 Å². The minimum Gasteiger partial charge on any atom is -0.325 e. The fraction of sp³-hybridized carbons (Fsp3) is 0.0357. The van der Waals surface area contributed by atoms with Gasteiger partial charge in [-0.2, -0.15) is 0 Å². The first-order chi connectivity index (χ1) is 15.8. The number of rotatable bonds is 3. The minimum atomic E-state index is -0.0237. The maximum atomic E-state index is 4.96. The normalized spacial score (nSPS) is 15.5. The number of fused-ring (bicyclic) bond motifs is 3. The minimum absolute atomic E-state index is 0.0237. The van der Waals surface area contributed by atoms with E-state index in [2.05, 4.69) is 129 Å². The lowest BCUT2D eigenvalue weighted by atomic mass is 9.87. The predicted molar refractivity (Wildman–Crippen MR) is 135 cm³/mol. The van der Waals surface area contributed by atoms with Gasteiger partial charge in [0.15, 0.2) is 0 Å². The predicted octanol–water partition coefficient (Wildman–Crippen LogP) is 7.38. The zero-order valence-corrected chi connectivity index (χ0v) is 18.8. The van der Waals surface area contributed by atoms with Gasteiger partial charge >= 0.3 is 0 Å². The summed E-state index contributed by atoms with van der Waals surface area (Å²) in [5.74, 6) is 0.859. The van der Waals surface area contributed by atoms with Gasteiger partial charge in [0.25, 0.3) is 0 Å². The van der Waals surface area contributed by atoms with Crippen molar-refractivity contribution in [2.24, 2.45) is 0 Å². The van der Waals surface area contributed by atoms with E-state index in [9.17, 15) is 0 Å². The molecular weight excluding hydrogens is 458 g/mol. The summed E-state index contributed by atoms with van der Waals surface area (Å²) in [4.78, 5) is 4.96. The van der Waals surface area contributed by atoms with Crippen molar-refractivity contribution in [1.82, 2.24) is 9.55 Å². The Hall–Kier alpha value is -3.63. The molecular formula is C28H20BrN3. The second-order valence-corrected chi connectivity index (χ2v) is 8.81. The molecule has 1 aliphatic rings. The number of hydrogen-bond acceptors (Lipinski definition) is 2. The standard InChI is InChI=1S/C28H20BrN3/c29-22-17-15-21(16-18-22)27-25(19-9-3-1-4-10-19)26(20-11-5-2-6-12-20)31-28-30-23-13-7-8-14-24(23)32(27)28/h1-18,27H,(H,30,31). The Morgan fingerprint density at radius 1 is 0.688 bits per heavy atom. The van der Waals surface area contributed by atoms with Crippen molar-refractivity contribution < 1.29 is 0 Å². The van der Waals surface area contributed by atoms with Gasteiger partial charge in [-0.15, -0.1) is 0 Å². The number of hydrogen-bond donors (Lipinski definition) is 1. The molecule has 32 heavy (non-hydrogen) atoms. The lowest BCUT2D eigenvalue weighted by molar-refractivity contribution is 0.737. The third-order valence-corrected chi connectivity index (χ3v) is 6.50. The third-order valence-electron chi connectivity index (χ3n) is 5.97. The molecule has 0 amide bonds. The van der Waals surface area contributed by atoms with Crippen LogP contribution in [0.2, 0.25) is 0 Å². The number of imidazole rings is 1. The first-order valence-corrected chi connectivity index (χ1v) is 11.4. The van der Waals surface area contributed by atoms with E-state index in [1.54, 1.807) is 0 Å². The van der Waals surface area contributed by atoms with Gasteiger partial charge in [-0.25, -0.2) is 4.98 Å². The molecule has 4 heteroatoms. The van der Waals surface area contributed by atoms with Crippen LogP contribution in [0.4, 0.5) is 5.95 Å². The van der Waals surface area contributed by atoms with Crippen LogP contribution < -0.4 is 5.32 Å². The Balaban J connectivity index is 1.71. The first-order valence-electron chi connectivity index (χ1n) is 10.6. The Bertz CT molecular complexity index is 1440. The van der Waals surface area contributed by atoms with Crippen LogP contribution in [0, 0.1) is 0 Å². The molecule has 5 aromatic rings. The Labute approximate surface area is 195 Å². The summed E-state index contributed by atoms with van der Waals surface area (Å²) < 4.78 is 3.40. The Morgan fingerprint density at radius 2 is 1.31 bits per heavy atom. The second-order valence-electron chi connectivity index (χ2n) is 7.89. The number of benzene rings is 4. The zero-order valence-electron chi connectivity index (χ0n) is 17.2. The molecule has 1 N–H and O–H groups in total. The van der Waals surface area contributed by atoms with Gasteiger partial charge in [0, 0.05) is 10.0 Å². The lowest BCUT2D eigenvalue weighted by Gasteiger charge is -2.33. The highest BCUT2D eigenvalue weighted by Crippen LogP contribution is 2.46. The molecule has 0 saturated carbocycles. The van der Waals surface area contributed by atoms with E-state index < -0.39 is 0 Å². The smallest absolute Gasteiger partial charge is 0.209 e. The number of halogens is 1. The molecule has 1 aliphatic heterocycles. The van der Waals surface area contributed by atoms with E-state index in [4.69, 9.17) is 4.98 Å². The highest BCUT2D eigenvalue weighted by molar-refractivity contribution is 9.10. The quantitative estimate of drug-likeness (QED) is 0.293. The molecule has 1 atom stereocenters. The van der Waals surface area contributed by atoms with Crippen LogP contribution >= 0.6 is 15.9 Å². The fourth-order valence-electron chi connectivity index (χ4n) is 4.55. The topological polar surface area (TPSA) is 29.9 Å². The molecule has 0 radical (unpaired) electrons. The molecule has 4 aromatic carbocycles. The van der Waals surface area contributed by atoms with Gasteiger partial charge in [0.05, 0.1) is 22.8 Å². The zero-order chi connectivity index (χ0) is 21.5. The van der Waals surface area contributed by atoms with Gasteiger partial charge in [0.1, 0.15) is 0 Å². The van der Waals surface area contributed by atoms with Crippen LogP contribution in [0.3, 0.4) is 0 Å². The van der Waals surface area contributed by atoms with Crippen molar-refractivity contribution in [2.75, 3.05) is 5.32 Å². The molecule has 0 aliphatic carbocycles. The summed E-state index contributed by atoms with van der Waals surface area (Å²) in [6.45, 7) is 0. The van der Waals surface area contributed by atoms with Crippen molar-refractivity contribution in [3.05, 3.63) is 130 Å². The van der Waals surface area contributed by atoms with Gasteiger partial charge in [-0.1, -0.05) is 101 Å². The van der Waals surface area contributed by atoms with E-state index in [1.807, 2.05) is 6.07 Å². The van der Waals surface area contributed by atoms with E-state index in [0.717, 1.165) is 32.7 Å². The summed E-state index contributed by atoms with van der Waals surface area (Å²) in [6, 6.07) is 38.1. The fourth-order valence-corrected chi connectivity index (χ4v) is 4.82. The summed E-state index contributed by atoms with van der Waals surface area (Å²) >= 11 is 3.60. The van der Waals surface area contributed by atoms with Gasteiger partial charge in [-0.05, 0) is 41.0 Å². The van der Waals surface area contributed by atoms with Crippen LogP contribution in [0.5, 0.6) is 0 Å². The molecule has 154 valence electrons. The molecule has 0 spiro atoms. The molecule has 6 rings (SSSR count). The van der Waals surface area contributed by atoms with E-state index in [-0.39, 0.29) is 6.04 Å². The van der Waals surface area contributed by atoms with E-state index in [0.29, 0.717) is 0 Å². The molecule has 0 bridgehead atoms. The van der Waals surface area contributed by atoms with Crippen LogP contribution in [-0.2, 0) is 0 Å². The van der Waals surface area contributed by atoms with Crippen molar-refractivity contribution in [2.45, 2.75) is 6.04 Å². The highest BCUT2D eigenvalue weighted by atomic mass is 79.9. The molecule has 3 nitrogen and oxygen atoms in total. The first kappa shape index (κ1) is 19.1. The van der Waals surface area contributed by atoms with Crippen LogP contribution in [0.1, 0.15) is 22.7 Å². The maximum Gasteiger partial charge on any atom is 0.209 e. The average molecular weight is 478 g/mol. The molecule has 2 heterocycles. The number of allylic oxidation sites excluding steroid dienone is 1. The number of para-hydroxylation sites is 2. The number of nitrogens with zero attached hydrogens (tertiary/aromatic N) is 2. The van der Waals surface area contributed by atoms with Crippen molar-refractivity contribution in [3.63, 3.8) is 0 Å². The molecule has 1 aromatic heterocycles. The van der Waals surface area contributed by atoms with Crippen LogP contribution in [-0.4, -0.2) is 9.55 Å². The van der Waals surface area contributed by atoms with Crippen LogP contribution in [0.25, 0.3) is 22.3 Å². The molecule has 0 saturated heterocycles. The average Bonchev–Trinajstić information content (AvgIpc) is 3.23.